The van der Waals surface area contributed by atoms with Crippen molar-refractivity contribution in [1.29, 1.82) is 0 Å². The molecule has 1 aliphatic heterocycles. The van der Waals surface area contributed by atoms with Crippen LogP contribution in [0.3, 0.4) is 0 Å². The molecule has 0 spiro atoms. The number of aryl methyl sites for hydroxylation is 2. The van der Waals surface area contributed by atoms with E-state index in [1.165, 1.54) is 0 Å². The third kappa shape index (κ3) is 5.98. The molecule has 1 aromatic heterocycles. The molecule has 2 aromatic carbocycles. The Kier molecular flexibility index (Phi) is 7.66. The highest BCUT2D eigenvalue weighted by atomic mass is 16.5. The van der Waals surface area contributed by atoms with Crippen molar-refractivity contribution in [2.45, 2.75) is 59.2 Å². The van der Waals surface area contributed by atoms with Crippen molar-refractivity contribution < 1.29 is 14.3 Å². The first-order valence-electron chi connectivity index (χ1n) is 12.3. The Morgan fingerprint density at radius 3 is 2.29 bits per heavy atom. The lowest BCUT2D eigenvalue weighted by molar-refractivity contribution is -0.143. The minimum Gasteiger partial charge on any atom is -0.372 e. The predicted molar refractivity (Wildman–Crippen MR) is 138 cm³/mol. The van der Waals surface area contributed by atoms with E-state index in [9.17, 15) is 9.59 Å². The van der Waals surface area contributed by atoms with E-state index in [1.807, 2.05) is 87.2 Å². The SMILES string of the molecule is Cc1ccc(-n2nc(C)c(-c3ccccc3)c2NC(=O)CCCC(=O)N2CC(C)OC(C)C2)cc1. The molecule has 0 aliphatic carbocycles. The number of carbonyl (C=O) groups is 2. The number of benzene rings is 2. The number of rotatable bonds is 7. The zero-order valence-electron chi connectivity index (χ0n) is 21.0. The Morgan fingerprint density at radius 2 is 1.63 bits per heavy atom. The summed E-state index contributed by atoms with van der Waals surface area (Å²) in [6.45, 7) is 9.15. The van der Waals surface area contributed by atoms with Crippen molar-refractivity contribution in [1.82, 2.24) is 14.7 Å². The molecule has 0 radical (unpaired) electrons. The van der Waals surface area contributed by atoms with E-state index in [0.717, 1.165) is 28.1 Å². The molecular weight excluding hydrogens is 440 g/mol. The summed E-state index contributed by atoms with van der Waals surface area (Å²) in [5, 5.41) is 7.85. The lowest BCUT2D eigenvalue weighted by Crippen LogP contribution is -2.48. The summed E-state index contributed by atoms with van der Waals surface area (Å²) in [6.07, 6.45) is 1.16. The summed E-state index contributed by atoms with van der Waals surface area (Å²) in [5.41, 5.74) is 4.75. The van der Waals surface area contributed by atoms with Crippen molar-refractivity contribution in [3.05, 3.63) is 65.9 Å². The van der Waals surface area contributed by atoms with Crippen molar-refractivity contribution in [2.75, 3.05) is 18.4 Å². The maximum Gasteiger partial charge on any atom is 0.225 e. The molecule has 7 nitrogen and oxygen atoms in total. The van der Waals surface area contributed by atoms with Crippen molar-refractivity contribution >= 4 is 17.6 Å². The molecule has 2 atom stereocenters. The van der Waals surface area contributed by atoms with Gasteiger partial charge in [-0.05, 0) is 51.8 Å². The number of ether oxygens (including phenoxy) is 1. The Labute approximate surface area is 207 Å². The van der Waals surface area contributed by atoms with Crippen LogP contribution >= 0.6 is 0 Å². The van der Waals surface area contributed by atoms with E-state index in [0.29, 0.717) is 31.7 Å². The number of nitrogens with zero attached hydrogens (tertiary/aromatic N) is 3. The van der Waals surface area contributed by atoms with Gasteiger partial charge < -0.3 is 15.0 Å². The maximum atomic E-state index is 13.0. The molecule has 0 bridgehead atoms. The quantitative estimate of drug-likeness (QED) is 0.528. The summed E-state index contributed by atoms with van der Waals surface area (Å²) in [4.78, 5) is 27.5. The number of carbonyl (C=O) groups excluding carboxylic acids is 2. The zero-order valence-corrected chi connectivity index (χ0v) is 21.0. The molecular formula is C28H34N4O3. The molecule has 1 aliphatic rings. The van der Waals surface area contributed by atoms with E-state index in [1.54, 1.807) is 4.68 Å². The van der Waals surface area contributed by atoms with Gasteiger partial charge in [-0.25, -0.2) is 4.68 Å². The second-order valence-electron chi connectivity index (χ2n) is 9.38. The standard InChI is InChI=1S/C28H34N4O3/c1-19-13-15-24(16-14-19)32-28(27(22(4)30-32)23-9-6-5-7-10-23)29-25(33)11-8-12-26(34)31-17-20(2)35-21(3)18-31/h5-7,9-10,13-16,20-21H,8,11-12,17-18H2,1-4H3,(H,29,33). The van der Waals surface area contributed by atoms with Gasteiger partial charge in [-0.3, -0.25) is 9.59 Å². The Bertz CT molecular complexity index is 1160. The van der Waals surface area contributed by atoms with Crippen molar-refractivity contribution in [2.24, 2.45) is 0 Å². The molecule has 1 N–H and O–H groups in total. The maximum absolute atomic E-state index is 13.0. The summed E-state index contributed by atoms with van der Waals surface area (Å²) in [7, 11) is 0. The first-order chi connectivity index (χ1) is 16.8. The van der Waals surface area contributed by atoms with Crippen molar-refractivity contribution in [3.63, 3.8) is 0 Å². The molecule has 0 saturated carbocycles. The molecule has 35 heavy (non-hydrogen) atoms. The molecule has 1 fully saturated rings. The van der Waals surface area contributed by atoms with Crippen LogP contribution in [-0.4, -0.2) is 51.8 Å². The van der Waals surface area contributed by atoms with Crippen LogP contribution < -0.4 is 5.32 Å². The third-order valence-corrected chi connectivity index (χ3v) is 6.23. The Hall–Kier alpha value is -3.45. The largest absolute Gasteiger partial charge is 0.372 e. The normalized spacial score (nSPS) is 17.9. The van der Waals surface area contributed by atoms with Crippen LogP contribution in [0.1, 0.15) is 44.4 Å². The molecule has 4 rings (SSSR count). The van der Waals surface area contributed by atoms with Crippen LogP contribution in [0.15, 0.2) is 54.6 Å². The molecule has 1 saturated heterocycles. The molecule has 2 unspecified atom stereocenters. The van der Waals surface area contributed by atoms with E-state index < -0.39 is 0 Å². The monoisotopic (exact) mass is 474 g/mol. The summed E-state index contributed by atoms with van der Waals surface area (Å²) >= 11 is 0. The number of hydrogen-bond donors (Lipinski definition) is 1. The zero-order chi connectivity index (χ0) is 24.9. The Balaban J connectivity index is 1.49. The van der Waals surface area contributed by atoms with Crippen molar-refractivity contribution in [3.8, 4) is 16.8 Å². The van der Waals surface area contributed by atoms with E-state index in [-0.39, 0.29) is 30.4 Å². The summed E-state index contributed by atoms with van der Waals surface area (Å²) in [5.74, 6) is 0.585. The average molecular weight is 475 g/mol. The van der Waals surface area contributed by atoms with Crippen LogP contribution in [-0.2, 0) is 14.3 Å². The van der Waals surface area contributed by atoms with Gasteiger partial charge in [0.25, 0.3) is 0 Å². The van der Waals surface area contributed by atoms with Gasteiger partial charge in [0.15, 0.2) is 0 Å². The molecule has 3 aromatic rings. The van der Waals surface area contributed by atoms with Gasteiger partial charge in [0.1, 0.15) is 5.82 Å². The van der Waals surface area contributed by atoms with Gasteiger partial charge >= 0.3 is 0 Å². The van der Waals surface area contributed by atoms with Crippen LogP contribution in [0, 0.1) is 13.8 Å². The fraction of sp³-hybridized carbons (Fsp3) is 0.393. The van der Waals surface area contributed by atoms with Gasteiger partial charge in [-0.2, -0.15) is 5.10 Å². The number of amides is 2. The Morgan fingerprint density at radius 1 is 0.971 bits per heavy atom. The smallest absolute Gasteiger partial charge is 0.225 e. The first-order valence-corrected chi connectivity index (χ1v) is 12.3. The molecule has 184 valence electrons. The molecule has 2 amide bonds. The predicted octanol–water partition coefficient (Wildman–Crippen LogP) is 4.90. The number of aromatic nitrogens is 2. The van der Waals surface area contributed by atoms with Crippen LogP contribution in [0.25, 0.3) is 16.8 Å². The number of anilines is 1. The fourth-order valence-electron chi connectivity index (χ4n) is 4.60. The number of nitrogens with one attached hydrogen (secondary N) is 1. The minimum absolute atomic E-state index is 0.0349. The first kappa shape index (κ1) is 24.7. The van der Waals surface area contributed by atoms with E-state index in [4.69, 9.17) is 9.84 Å². The second kappa shape index (κ2) is 10.9. The third-order valence-electron chi connectivity index (χ3n) is 6.23. The lowest BCUT2D eigenvalue weighted by atomic mass is 10.1. The van der Waals surface area contributed by atoms with Crippen LogP contribution in [0.5, 0.6) is 0 Å². The number of hydrogen-bond acceptors (Lipinski definition) is 4. The van der Waals surface area contributed by atoms with Crippen LogP contribution in [0.2, 0.25) is 0 Å². The van der Waals surface area contributed by atoms with Gasteiger partial charge in [-0.1, -0.05) is 48.0 Å². The highest BCUT2D eigenvalue weighted by molar-refractivity contribution is 5.95. The highest BCUT2D eigenvalue weighted by Gasteiger charge is 2.26. The average Bonchev–Trinajstić information content (AvgIpc) is 3.14. The highest BCUT2D eigenvalue weighted by Crippen LogP contribution is 2.33. The van der Waals surface area contributed by atoms with Gasteiger partial charge in [-0.15, -0.1) is 0 Å². The summed E-state index contributed by atoms with van der Waals surface area (Å²) < 4.78 is 7.50. The van der Waals surface area contributed by atoms with Crippen LogP contribution in [0.4, 0.5) is 5.82 Å². The second-order valence-corrected chi connectivity index (χ2v) is 9.38. The lowest BCUT2D eigenvalue weighted by Gasteiger charge is -2.35. The number of morpholine rings is 1. The molecule has 7 heteroatoms. The van der Waals surface area contributed by atoms with E-state index in [2.05, 4.69) is 5.32 Å². The summed E-state index contributed by atoms with van der Waals surface area (Å²) in [6, 6.07) is 18.0. The minimum atomic E-state index is -0.132. The molecule has 2 heterocycles. The van der Waals surface area contributed by atoms with Gasteiger partial charge in [0.2, 0.25) is 11.8 Å². The van der Waals surface area contributed by atoms with Gasteiger partial charge in [0.05, 0.1) is 23.6 Å². The van der Waals surface area contributed by atoms with Gasteiger partial charge in [0, 0.05) is 31.5 Å². The van der Waals surface area contributed by atoms with E-state index >= 15 is 0 Å². The fourth-order valence-corrected chi connectivity index (χ4v) is 4.60. The topological polar surface area (TPSA) is 76.5 Å².